The molecule has 81 heavy (non-hydrogen) atoms. The minimum absolute atomic E-state index is 0.00703. The highest BCUT2D eigenvalue weighted by Crippen LogP contribution is 2.93. The average Bonchev–Trinajstić information content (AvgIpc) is 3.60. The van der Waals surface area contributed by atoms with E-state index in [1.165, 1.54) is 32.1 Å². The van der Waals surface area contributed by atoms with Crippen molar-refractivity contribution in [3.63, 3.8) is 0 Å². The van der Waals surface area contributed by atoms with Crippen molar-refractivity contribution in [3.8, 4) is 0 Å². The van der Waals surface area contributed by atoms with E-state index in [-0.39, 0.29) is 70.4 Å². The van der Waals surface area contributed by atoms with Crippen molar-refractivity contribution in [1.29, 1.82) is 0 Å². The van der Waals surface area contributed by atoms with E-state index in [1.807, 2.05) is 0 Å². The van der Waals surface area contributed by atoms with E-state index >= 15 is 0 Å². The van der Waals surface area contributed by atoms with Gasteiger partial charge in [-0.3, -0.25) is 0 Å². The molecule has 21 atom stereocenters. The van der Waals surface area contributed by atoms with Crippen LogP contribution in [0.25, 0.3) is 0 Å². The highest BCUT2D eigenvalue weighted by atomic mass is 14.9. The minimum Gasteiger partial charge on any atom is -0.0648 e. The number of hydrogen-bond acceptors (Lipinski definition) is 0. The van der Waals surface area contributed by atoms with Gasteiger partial charge >= 0.3 is 0 Å². The predicted octanol–water partition coefficient (Wildman–Crippen LogP) is 25.6. The lowest BCUT2D eigenvalue weighted by atomic mass is 9.29. The first-order chi connectivity index (χ1) is 35.8. The van der Waals surface area contributed by atoms with Gasteiger partial charge in [-0.1, -0.05) is 284 Å². The van der Waals surface area contributed by atoms with Crippen LogP contribution in [0.3, 0.4) is 0 Å². The maximum absolute atomic E-state index is 3.10. The summed E-state index contributed by atoms with van der Waals surface area (Å²) in [5.74, 6) is 13.6. The van der Waals surface area contributed by atoms with E-state index in [1.54, 1.807) is 0 Å². The zero-order valence-corrected chi connectivity index (χ0v) is 63.7. The lowest BCUT2D eigenvalue weighted by Gasteiger charge is -2.75. The van der Waals surface area contributed by atoms with E-state index in [9.17, 15) is 0 Å². The number of rotatable bonds is 12. The van der Waals surface area contributed by atoms with Gasteiger partial charge in [0.25, 0.3) is 0 Å². The van der Waals surface area contributed by atoms with Crippen LogP contribution in [0.4, 0.5) is 0 Å². The van der Waals surface area contributed by atoms with Crippen LogP contribution in [0.2, 0.25) is 0 Å². The summed E-state index contributed by atoms with van der Waals surface area (Å²) in [4.78, 5) is 0. The Hall–Kier alpha value is 0. The SMILES string of the molecule is CCC(C)(C1C(C)C(C)C(C)(C)C(C)C1C)C1(C(C)CC(C(C)(C)C)(C(C)(C)C)C(C)(C)C)C(C(C)(C)C2C(C)C(C)C(CC(C)(C)C)C(C)C2C)C(C)C2(C)C(C)C(C)(CC(C)(C)C3C(C)C(C)C(C)C(C)C3C)CC21C(C)(C)C. The molecule has 0 aliphatic heterocycles. The molecule has 0 heterocycles. The monoisotopic (exact) mass is 1130 g/mol. The highest BCUT2D eigenvalue weighted by molar-refractivity contribution is 5.35. The fraction of sp³-hybridized carbons (Fsp3) is 1.00. The van der Waals surface area contributed by atoms with Gasteiger partial charge in [-0.15, -0.1) is 0 Å². The van der Waals surface area contributed by atoms with Crippen LogP contribution >= 0.6 is 0 Å². The van der Waals surface area contributed by atoms with Crippen molar-refractivity contribution in [1.82, 2.24) is 0 Å². The second-order valence-corrected chi connectivity index (χ2v) is 41.5. The van der Waals surface area contributed by atoms with Crippen LogP contribution in [0, 0.1) is 200 Å². The number of hydrogen-bond donors (Lipinski definition) is 0. The molecule has 0 amide bonds. The molecule has 5 fully saturated rings. The van der Waals surface area contributed by atoms with E-state index in [4.69, 9.17) is 0 Å². The van der Waals surface area contributed by atoms with Crippen molar-refractivity contribution in [2.45, 2.75) is 316 Å². The molecule has 5 aliphatic rings. The highest BCUT2D eigenvalue weighted by Gasteiger charge is 2.88. The fourth-order valence-electron chi connectivity index (χ4n) is 29.6. The van der Waals surface area contributed by atoms with Gasteiger partial charge in [0.1, 0.15) is 0 Å². The summed E-state index contributed by atoms with van der Waals surface area (Å²) in [5, 5.41) is 0. The molecule has 5 aliphatic carbocycles. The molecular formula is C81H154. The molecule has 0 nitrogen and oxygen atoms in total. The second-order valence-electron chi connectivity index (χ2n) is 41.5. The van der Waals surface area contributed by atoms with Gasteiger partial charge in [0.2, 0.25) is 0 Å². The standard InChI is InChI=1S/C81H154/c1-42-77(40,66-57(12)59(14)74(35,36)60(15)58(66)13)81(47(2)43-79(69(21,22)23,70(24,25)26)71(27,28)29)67(75(37,38)65-55(10)51(6)63(44-68(18,19)20)52(7)56(65)11)61(16)78(41)62(17)76(39,46-80(78,81)72(30,31)32)45-73(33,34)64-53(8)49(4)48(3)50(5)54(64)9/h47-67H,42-46H2,1-41H3. The Morgan fingerprint density at radius 3 is 1.16 bits per heavy atom. The predicted molar refractivity (Wildman–Crippen MR) is 363 cm³/mol. The smallest absolute Gasteiger partial charge is 0.0112 e. The molecule has 0 aromatic heterocycles. The van der Waals surface area contributed by atoms with Gasteiger partial charge in [0.15, 0.2) is 0 Å². The molecule has 0 bridgehead atoms. The third-order valence-electron chi connectivity index (χ3n) is 33.0. The van der Waals surface area contributed by atoms with Crippen LogP contribution in [0.15, 0.2) is 0 Å². The summed E-state index contributed by atoms with van der Waals surface area (Å²) in [6.07, 6.45) is 6.50. The maximum atomic E-state index is 3.10. The average molecular weight is 1130 g/mol. The molecule has 0 heteroatoms. The van der Waals surface area contributed by atoms with E-state index in [0.717, 1.165) is 35.5 Å². The molecule has 0 spiro atoms. The van der Waals surface area contributed by atoms with Gasteiger partial charge in [0, 0.05) is 0 Å². The quantitative estimate of drug-likeness (QED) is 0.183. The summed E-state index contributed by atoms with van der Waals surface area (Å²) in [6.45, 7) is 114. The van der Waals surface area contributed by atoms with Crippen molar-refractivity contribution >= 4 is 0 Å². The maximum Gasteiger partial charge on any atom is -0.0112 e. The Bertz CT molecular complexity index is 2060. The third kappa shape index (κ3) is 9.88. The first kappa shape index (κ1) is 71.8. The topological polar surface area (TPSA) is 0 Å². The molecule has 0 saturated heterocycles. The third-order valence-corrected chi connectivity index (χ3v) is 33.0. The minimum atomic E-state index is -0.0417. The summed E-state index contributed by atoms with van der Waals surface area (Å²) in [5.41, 5.74) is 1.29. The van der Waals surface area contributed by atoms with Crippen LogP contribution in [0.1, 0.15) is 316 Å². The van der Waals surface area contributed by atoms with Crippen LogP contribution < -0.4 is 0 Å². The van der Waals surface area contributed by atoms with Crippen molar-refractivity contribution < 1.29 is 0 Å². The van der Waals surface area contributed by atoms with Gasteiger partial charge in [-0.05, 0) is 232 Å². The molecular weight excluding hydrogens is 973 g/mol. The van der Waals surface area contributed by atoms with Gasteiger partial charge in [0.05, 0.1) is 0 Å². The van der Waals surface area contributed by atoms with Gasteiger partial charge < -0.3 is 0 Å². The van der Waals surface area contributed by atoms with E-state index in [2.05, 4.69) is 284 Å². The Morgan fingerprint density at radius 1 is 0.444 bits per heavy atom. The van der Waals surface area contributed by atoms with Crippen molar-refractivity contribution in [2.75, 3.05) is 0 Å². The van der Waals surface area contributed by atoms with Crippen LogP contribution in [0.5, 0.6) is 0 Å². The van der Waals surface area contributed by atoms with Crippen LogP contribution in [-0.2, 0) is 0 Å². The molecule has 0 aromatic rings. The first-order valence-corrected chi connectivity index (χ1v) is 35.8. The summed E-state index contributed by atoms with van der Waals surface area (Å²) in [6, 6.07) is 0. The number of fused-ring (bicyclic) bond motifs is 1. The molecule has 5 saturated carbocycles. The largest absolute Gasteiger partial charge is 0.0648 e. The first-order valence-electron chi connectivity index (χ1n) is 35.8. The Labute approximate surface area is 513 Å². The van der Waals surface area contributed by atoms with E-state index < -0.39 is 0 Å². The molecule has 0 aromatic carbocycles. The molecule has 478 valence electrons. The zero-order valence-electron chi connectivity index (χ0n) is 63.7. The second kappa shape index (κ2) is 21.6. The summed E-state index contributed by atoms with van der Waals surface area (Å²) >= 11 is 0. The summed E-state index contributed by atoms with van der Waals surface area (Å²) in [7, 11) is 0. The molecule has 21 unspecified atom stereocenters. The Kier molecular flexibility index (Phi) is 19.1. The zero-order chi connectivity index (χ0) is 63.7. The lowest BCUT2D eigenvalue weighted by molar-refractivity contribution is -0.279. The summed E-state index contributed by atoms with van der Waals surface area (Å²) < 4.78 is 0. The Balaban J connectivity index is 2.14. The van der Waals surface area contributed by atoms with Gasteiger partial charge in [-0.2, -0.15) is 0 Å². The van der Waals surface area contributed by atoms with Crippen LogP contribution in [-0.4, -0.2) is 0 Å². The normalized spacial score (nSPS) is 46.3. The molecule has 5 rings (SSSR count). The Morgan fingerprint density at radius 2 is 0.815 bits per heavy atom. The van der Waals surface area contributed by atoms with Crippen molar-refractivity contribution in [2.24, 2.45) is 200 Å². The van der Waals surface area contributed by atoms with E-state index in [0.29, 0.717) is 94.2 Å². The fourth-order valence-corrected chi connectivity index (χ4v) is 29.6. The lowest BCUT2D eigenvalue weighted by Crippen LogP contribution is -2.70. The molecule has 0 N–H and O–H groups in total. The van der Waals surface area contributed by atoms with Crippen molar-refractivity contribution in [3.05, 3.63) is 0 Å². The van der Waals surface area contributed by atoms with Gasteiger partial charge in [-0.25, -0.2) is 0 Å². The molecule has 0 radical (unpaired) electrons.